The molecule has 4 aromatic carbocycles. The Bertz CT molecular complexity index is 1430. The van der Waals surface area contributed by atoms with Crippen LogP contribution in [0.1, 0.15) is 59.9 Å². The van der Waals surface area contributed by atoms with Crippen LogP contribution in [0.3, 0.4) is 0 Å². The van der Waals surface area contributed by atoms with Crippen molar-refractivity contribution in [1.29, 1.82) is 0 Å². The van der Waals surface area contributed by atoms with E-state index in [1.807, 2.05) is 42.5 Å². The highest BCUT2D eigenvalue weighted by molar-refractivity contribution is 5.42. The van der Waals surface area contributed by atoms with Crippen molar-refractivity contribution in [2.75, 3.05) is 0 Å². The van der Waals surface area contributed by atoms with Crippen molar-refractivity contribution in [3.8, 4) is 0 Å². The highest BCUT2D eigenvalue weighted by Crippen LogP contribution is 2.47. The molecule has 7 rings (SSSR count). The van der Waals surface area contributed by atoms with Crippen LogP contribution in [0.15, 0.2) is 140 Å². The molecular formula is C37H35N3O2. The van der Waals surface area contributed by atoms with Crippen molar-refractivity contribution >= 4 is 0 Å². The van der Waals surface area contributed by atoms with Gasteiger partial charge >= 0.3 is 0 Å². The Hall–Kier alpha value is -4.13. The summed E-state index contributed by atoms with van der Waals surface area (Å²) >= 11 is 0. The van der Waals surface area contributed by atoms with Gasteiger partial charge in [-0.3, -0.25) is 10.6 Å². The molecule has 2 saturated heterocycles. The van der Waals surface area contributed by atoms with E-state index in [4.69, 9.17) is 14.5 Å². The summed E-state index contributed by atoms with van der Waals surface area (Å²) in [6.07, 6.45) is -0.792. The molecule has 4 atom stereocenters. The summed E-state index contributed by atoms with van der Waals surface area (Å²) in [4.78, 5) is 5.14. The number of nitrogens with zero attached hydrogens (tertiary/aromatic N) is 1. The Balaban J connectivity index is 1.23. The van der Waals surface area contributed by atoms with Crippen molar-refractivity contribution in [2.45, 2.75) is 49.6 Å². The van der Waals surface area contributed by atoms with Gasteiger partial charge in [0, 0.05) is 12.1 Å². The molecule has 42 heavy (non-hydrogen) atoms. The minimum atomic E-state index is -0.655. The molecular weight excluding hydrogens is 518 g/mol. The Labute approximate surface area is 247 Å². The predicted octanol–water partition coefficient (Wildman–Crippen LogP) is 6.98. The molecule has 5 aromatic rings. The summed E-state index contributed by atoms with van der Waals surface area (Å²) in [5, 5.41) is 7.41. The van der Waals surface area contributed by atoms with E-state index in [0.29, 0.717) is 0 Å². The highest BCUT2D eigenvalue weighted by atomic mass is 16.5. The zero-order valence-corrected chi connectivity index (χ0v) is 23.9. The zero-order chi connectivity index (χ0) is 28.6. The minimum Gasteiger partial charge on any atom is -0.340 e. The Morgan fingerprint density at radius 2 is 0.762 bits per heavy atom. The van der Waals surface area contributed by atoms with E-state index in [-0.39, 0.29) is 12.1 Å². The van der Waals surface area contributed by atoms with Gasteiger partial charge in [-0.15, -0.1) is 0 Å². The molecule has 1 aromatic heterocycles. The van der Waals surface area contributed by atoms with Crippen LogP contribution in [0.25, 0.3) is 0 Å². The molecule has 2 N–H and O–H groups in total. The monoisotopic (exact) mass is 553 g/mol. The maximum atomic E-state index is 7.00. The van der Waals surface area contributed by atoms with Gasteiger partial charge in [0.05, 0.1) is 11.4 Å². The number of ether oxygens (including phenoxy) is 2. The van der Waals surface area contributed by atoms with Crippen molar-refractivity contribution in [2.24, 2.45) is 0 Å². The van der Waals surface area contributed by atoms with Gasteiger partial charge < -0.3 is 9.47 Å². The zero-order valence-electron chi connectivity index (χ0n) is 23.9. The number of hydrogen-bond acceptors (Lipinski definition) is 5. The summed E-state index contributed by atoms with van der Waals surface area (Å²) in [5.41, 5.74) is 4.78. The quantitative estimate of drug-likeness (QED) is 0.238. The van der Waals surface area contributed by atoms with E-state index in [2.05, 4.69) is 122 Å². The fraction of sp³-hybridized carbons (Fsp3) is 0.216. The third-order valence-corrected chi connectivity index (χ3v) is 8.77. The van der Waals surface area contributed by atoms with Crippen LogP contribution < -0.4 is 10.6 Å². The molecule has 0 amide bonds. The first-order valence-corrected chi connectivity index (χ1v) is 14.7. The molecule has 5 heteroatoms. The van der Waals surface area contributed by atoms with E-state index in [0.717, 1.165) is 33.6 Å². The largest absolute Gasteiger partial charge is 0.340 e. The van der Waals surface area contributed by atoms with Crippen molar-refractivity contribution in [3.05, 3.63) is 173 Å². The van der Waals surface area contributed by atoms with E-state index in [1.165, 1.54) is 0 Å². The third kappa shape index (κ3) is 4.37. The first-order valence-electron chi connectivity index (χ1n) is 14.7. The number of benzene rings is 4. The van der Waals surface area contributed by atoms with E-state index < -0.39 is 23.7 Å². The van der Waals surface area contributed by atoms with Crippen LogP contribution >= 0.6 is 0 Å². The van der Waals surface area contributed by atoms with Gasteiger partial charge in [0.1, 0.15) is 11.2 Å². The molecule has 2 unspecified atom stereocenters. The lowest BCUT2D eigenvalue weighted by molar-refractivity contribution is -0.0308. The van der Waals surface area contributed by atoms with E-state index in [1.54, 1.807) is 0 Å². The lowest BCUT2D eigenvalue weighted by Crippen LogP contribution is -2.40. The van der Waals surface area contributed by atoms with Crippen LogP contribution in [-0.2, 0) is 20.7 Å². The van der Waals surface area contributed by atoms with Gasteiger partial charge in [-0.1, -0.05) is 127 Å². The van der Waals surface area contributed by atoms with Gasteiger partial charge in [0.15, 0.2) is 12.5 Å². The lowest BCUT2D eigenvalue weighted by atomic mass is 9.81. The summed E-state index contributed by atoms with van der Waals surface area (Å²) in [7, 11) is 0. The van der Waals surface area contributed by atoms with Crippen LogP contribution in [-0.4, -0.2) is 17.1 Å². The molecule has 0 spiro atoms. The van der Waals surface area contributed by atoms with Gasteiger partial charge in [-0.2, -0.15) is 0 Å². The molecule has 2 aliphatic heterocycles. The highest BCUT2D eigenvalue weighted by Gasteiger charge is 2.51. The van der Waals surface area contributed by atoms with E-state index in [9.17, 15) is 0 Å². The first-order chi connectivity index (χ1) is 20.6. The number of pyridine rings is 1. The summed E-state index contributed by atoms with van der Waals surface area (Å²) in [6.45, 7) is 4.36. The number of hydrogen-bond donors (Lipinski definition) is 2. The third-order valence-electron chi connectivity index (χ3n) is 8.77. The van der Waals surface area contributed by atoms with Crippen molar-refractivity contribution in [1.82, 2.24) is 15.6 Å². The van der Waals surface area contributed by atoms with Crippen LogP contribution in [0.4, 0.5) is 0 Å². The average molecular weight is 554 g/mol. The second-order valence-electron chi connectivity index (χ2n) is 11.2. The minimum absolute atomic E-state index is 0.00226. The second-order valence-corrected chi connectivity index (χ2v) is 11.2. The molecule has 0 saturated carbocycles. The smallest absolute Gasteiger partial charge is 0.153 e. The van der Waals surface area contributed by atoms with Gasteiger partial charge in [-0.25, -0.2) is 4.98 Å². The molecule has 2 aliphatic rings. The fourth-order valence-electron chi connectivity index (χ4n) is 6.73. The fourth-order valence-corrected chi connectivity index (χ4v) is 6.73. The van der Waals surface area contributed by atoms with Crippen molar-refractivity contribution in [3.63, 3.8) is 0 Å². The SMILES string of the molecule is CC1NC(c2cccc([C@H]3N[C@@H](C)C(c4ccccc4)(c4ccccc4)O3)n2)OC1(c1ccccc1)c1ccccc1. The van der Waals surface area contributed by atoms with Crippen molar-refractivity contribution < 1.29 is 9.47 Å². The topological polar surface area (TPSA) is 55.4 Å². The molecule has 0 radical (unpaired) electrons. The predicted molar refractivity (Wildman–Crippen MR) is 164 cm³/mol. The average Bonchev–Trinajstić information content (AvgIpc) is 3.61. The van der Waals surface area contributed by atoms with Gasteiger partial charge in [0.25, 0.3) is 0 Å². The standard InChI is InChI=1S/C37H35N3O2/c1-26-36(28-16-7-3-8-17-28,29-18-9-4-10-19-29)41-34(38-26)32-24-15-25-33(40-32)35-39-27(2)37(42-35,30-20-11-5-12-21-30)31-22-13-6-14-23-31/h3-27,34-35,38-39H,1-2H3/t26-,27?,34-,35?/m0/s1. The lowest BCUT2D eigenvalue weighted by Gasteiger charge is -2.33. The normalized spacial score (nSPS) is 24.4. The molecule has 210 valence electrons. The Kier molecular flexibility index (Phi) is 6.96. The number of aromatic nitrogens is 1. The summed E-state index contributed by atoms with van der Waals surface area (Å²) in [6, 6.07) is 47.9. The number of nitrogens with one attached hydrogen (secondary N) is 2. The summed E-state index contributed by atoms with van der Waals surface area (Å²) < 4.78 is 14.0. The second kappa shape index (κ2) is 10.9. The maximum Gasteiger partial charge on any atom is 0.153 e. The van der Waals surface area contributed by atoms with E-state index >= 15 is 0 Å². The molecule has 5 nitrogen and oxygen atoms in total. The van der Waals surface area contributed by atoms with Gasteiger partial charge in [0.2, 0.25) is 0 Å². The maximum absolute atomic E-state index is 7.00. The number of rotatable bonds is 6. The molecule has 0 bridgehead atoms. The Morgan fingerprint density at radius 1 is 0.452 bits per heavy atom. The van der Waals surface area contributed by atoms with Gasteiger partial charge in [-0.05, 0) is 48.2 Å². The Morgan fingerprint density at radius 3 is 1.07 bits per heavy atom. The van der Waals surface area contributed by atoms with Crippen LogP contribution in [0.5, 0.6) is 0 Å². The molecule has 3 heterocycles. The molecule has 2 fully saturated rings. The van der Waals surface area contributed by atoms with Crippen LogP contribution in [0.2, 0.25) is 0 Å². The summed E-state index contributed by atoms with van der Waals surface area (Å²) in [5.74, 6) is 0. The molecule has 0 aliphatic carbocycles. The van der Waals surface area contributed by atoms with Crippen LogP contribution in [0, 0.1) is 0 Å². The first kappa shape index (κ1) is 26.7.